The van der Waals surface area contributed by atoms with Gasteiger partial charge >= 0.3 is 0 Å². The number of rotatable bonds is 2. The van der Waals surface area contributed by atoms with Crippen molar-refractivity contribution in [1.29, 1.82) is 0 Å². The van der Waals surface area contributed by atoms with Crippen LogP contribution in [-0.2, 0) is 14.6 Å². The predicted molar refractivity (Wildman–Crippen MR) is 73.8 cm³/mol. The molecule has 0 spiro atoms. The van der Waals surface area contributed by atoms with Gasteiger partial charge in [-0.3, -0.25) is 20.4 Å². The number of amides is 2. The third-order valence-corrected chi connectivity index (χ3v) is 5.08. The van der Waals surface area contributed by atoms with E-state index in [0.717, 1.165) is 6.07 Å². The van der Waals surface area contributed by atoms with Crippen LogP contribution in [0, 0.1) is 11.7 Å². The Balaban J connectivity index is 1.94. The van der Waals surface area contributed by atoms with Crippen LogP contribution >= 0.6 is 11.6 Å². The first-order valence-corrected chi connectivity index (χ1v) is 8.24. The third-order valence-electron chi connectivity index (χ3n) is 3.08. The molecule has 2 rings (SSSR count). The zero-order chi connectivity index (χ0) is 15.6. The number of nitrogens with one attached hydrogen (secondary N) is 2. The fourth-order valence-electron chi connectivity index (χ4n) is 1.96. The molecule has 1 aliphatic heterocycles. The molecule has 2 amide bonds. The Morgan fingerprint density at radius 2 is 2.00 bits per heavy atom. The van der Waals surface area contributed by atoms with E-state index in [2.05, 4.69) is 5.43 Å². The molecule has 1 saturated heterocycles. The van der Waals surface area contributed by atoms with Crippen molar-refractivity contribution in [2.75, 3.05) is 11.5 Å². The lowest BCUT2D eigenvalue weighted by Gasteiger charge is -2.11. The highest BCUT2D eigenvalue weighted by Gasteiger charge is 2.33. The largest absolute Gasteiger partial charge is 0.273 e. The van der Waals surface area contributed by atoms with Crippen LogP contribution < -0.4 is 10.9 Å². The van der Waals surface area contributed by atoms with Crippen molar-refractivity contribution >= 4 is 33.3 Å². The molecule has 114 valence electrons. The topological polar surface area (TPSA) is 92.3 Å². The molecule has 0 saturated carbocycles. The molecule has 9 heteroatoms. The average molecular weight is 335 g/mol. The van der Waals surface area contributed by atoms with Crippen molar-refractivity contribution in [2.24, 2.45) is 5.92 Å². The molecule has 1 heterocycles. The molecular formula is C12H12ClFN2O4S. The van der Waals surface area contributed by atoms with Gasteiger partial charge in [0.2, 0.25) is 5.91 Å². The quantitative estimate of drug-likeness (QED) is 0.778. The van der Waals surface area contributed by atoms with Crippen LogP contribution in [0.3, 0.4) is 0 Å². The number of halogens is 2. The van der Waals surface area contributed by atoms with E-state index in [1.165, 1.54) is 12.1 Å². The molecule has 0 radical (unpaired) electrons. The average Bonchev–Trinajstić information content (AvgIpc) is 2.76. The lowest BCUT2D eigenvalue weighted by atomic mass is 10.1. The molecule has 0 unspecified atom stereocenters. The number of benzene rings is 1. The molecule has 6 nitrogen and oxygen atoms in total. The number of carbonyl (C=O) groups is 2. The summed E-state index contributed by atoms with van der Waals surface area (Å²) in [5, 5.41) is 0.143. The maximum atomic E-state index is 13.5. The molecule has 2 N–H and O–H groups in total. The Hall–Kier alpha value is -1.67. The maximum Gasteiger partial charge on any atom is 0.272 e. The van der Waals surface area contributed by atoms with Crippen LogP contribution in [0.5, 0.6) is 0 Å². The van der Waals surface area contributed by atoms with Crippen LogP contribution in [0.2, 0.25) is 5.02 Å². The molecule has 1 aromatic rings. The summed E-state index contributed by atoms with van der Waals surface area (Å²) >= 11 is 5.56. The summed E-state index contributed by atoms with van der Waals surface area (Å²) in [6.45, 7) is 0. The van der Waals surface area contributed by atoms with Crippen molar-refractivity contribution in [3.05, 3.63) is 34.6 Å². The minimum absolute atomic E-state index is 0.0507. The van der Waals surface area contributed by atoms with Gasteiger partial charge in [-0.25, -0.2) is 12.8 Å². The van der Waals surface area contributed by atoms with Crippen LogP contribution in [0.25, 0.3) is 0 Å². The summed E-state index contributed by atoms with van der Waals surface area (Å²) in [4.78, 5) is 23.4. The van der Waals surface area contributed by atoms with Crippen LogP contribution in [0.1, 0.15) is 16.8 Å². The fraction of sp³-hybridized carbons (Fsp3) is 0.333. The number of carbonyl (C=O) groups excluding carboxylic acids is 2. The van der Waals surface area contributed by atoms with Crippen molar-refractivity contribution in [3.8, 4) is 0 Å². The lowest BCUT2D eigenvalue weighted by Crippen LogP contribution is -2.45. The molecule has 1 atom stereocenters. The van der Waals surface area contributed by atoms with Crippen molar-refractivity contribution in [1.82, 2.24) is 10.9 Å². The van der Waals surface area contributed by atoms with Gasteiger partial charge in [-0.05, 0) is 24.6 Å². The van der Waals surface area contributed by atoms with Crippen LogP contribution in [-0.4, -0.2) is 31.7 Å². The number of hydrazine groups is 1. The second kappa shape index (κ2) is 5.98. The van der Waals surface area contributed by atoms with Gasteiger partial charge in [-0.1, -0.05) is 11.6 Å². The molecular weight excluding hydrogens is 323 g/mol. The first-order chi connectivity index (χ1) is 9.78. The van der Waals surface area contributed by atoms with Crippen molar-refractivity contribution < 1.29 is 22.4 Å². The first kappa shape index (κ1) is 15.7. The standard InChI is InChI=1S/C12H12ClFN2O4S/c13-8-1-2-9(10(14)5-8)12(18)16-15-11(17)7-3-4-21(19,20)6-7/h1-2,5,7H,3-4,6H2,(H,15,17)(H,16,18)/t7-/m1/s1. The molecule has 1 aliphatic rings. The summed E-state index contributed by atoms with van der Waals surface area (Å²) in [7, 11) is -3.19. The zero-order valence-corrected chi connectivity index (χ0v) is 12.3. The summed E-state index contributed by atoms with van der Waals surface area (Å²) in [6.07, 6.45) is 0.208. The van der Waals surface area contributed by atoms with E-state index in [1.54, 1.807) is 0 Å². The van der Waals surface area contributed by atoms with E-state index >= 15 is 0 Å². The molecule has 1 fully saturated rings. The summed E-state index contributed by atoms with van der Waals surface area (Å²) in [5.41, 5.74) is 3.87. The molecule has 0 aliphatic carbocycles. The van der Waals surface area contributed by atoms with Gasteiger partial charge in [0.25, 0.3) is 5.91 Å². The van der Waals surface area contributed by atoms with Gasteiger partial charge in [-0.2, -0.15) is 0 Å². The highest BCUT2D eigenvalue weighted by molar-refractivity contribution is 7.91. The zero-order valence-electron chi connectivity index (χ0n) is 10.7. The Morgan fingerprint density at radius 1 is 1.29 bits per heavy atom. The van der Waals surface area contributed by atoms with Gasteiger partial charge < -0.3 is 0 Å². The second-order valence-corrected chi connectivity index (χ2v) is 7.33. The van der Waals surface area contributed by atoms with E-state index < -0.39 is 33.4 Å². The van der Waals surface area contributed by atoms with Gasteiger partial charge in [0, 0.05) is 5.02 Å². The Bertz CT molecular complexity index is 692. The van der Waals surface area contributed by atoms with Gasteiger partial charge in [0.15, 0.2) is 9.84 Å². The SMILES string of the molecule is O=C(NNC(=O)[C@@H]1CCS(=O)(=O)C1)c1ccc(Cl)cc1F. The van der Waals surface area contributed by atoms with E-state index in [-0.39, 0.29) is 28.5 Å². The monoisotopic (exact) mass is 334 g/mol. The third kappa shape index (κ3) is 3.92. The fourth-order valence-corrected chi connectivity index (χ4v) is 3.86. The first-order valence-electron chi connectivity index (χ1n) is 6.04. The van der Waals surface area contributed by atoms with E-state index in [4.69, 9.17) is 11.6 Å². The number of hydrogen-bond acceptors (Lipinski definition) is 4. The van der Waals surface area contributed by atoms with E-state index in [1.807, 2.05) is 5.43 Å². The predicted octanol–water partition coefficient (Wildman–Crippen LogP) is 0.675. The minimum Gasteiger partial charge on any atom is -0.273 e. The Morgan fingerprint density at radius 3 is 2.57 bits per heavy atom. The molecule has 1 aromatic carbocycles. The van der Waals surface area contributed by atoms with Gasteiger partial charge in [0.05, 0.1) is 23.0 Å². The van der Waals surface area contributed by atoms with Gasteiger partial charge in [0.1, 0.15) is 5.82 Å². The molecule has 0 bridgehead atoms. The summed E-state index contributed by atoms with van der Waals surface area (Å²) in [5.74, 6) is -3.28. The second-order valence-electron chi connectivity index (χ2n) is 4.67. The minimum atomic E-state index is -3.19. The smallest absolute Gasteiger partial charge is 0.272 e. The van der Waals surface area contributed by atoms with Crippen LogP contribution in [0.15, 0.2) is 18.2 Å². The highest BCUT2D eigenvalue weighted by Crippen LogP contribution is 2.18. The Labute approximate surface area is 125 Å². The van der Waals surface area contributed by atoms with E-state index in [0.29, 0.717) is 0 Å². The molecule has 21 heavy (non-hydrogen) atoms. The van der Waals surface area contributed by atoms with Crippen molar-refractivity contribution in [2.45, 2.75) is 6.42 Å². The summed E-state index contributed by atoms with van der Waals surface area (Å²) in [6, 6.07) is 3.49. The van der Waals surface area contributed by atoms with Gasteiger partial charge in [-0.15, -0.1) is 0 Å². The summed E-state index contributed by atoms with van der Waals surface area (Å²) < 4.78 is 36.0. The van der Waals surface area contributed by atoms with Crippen LogP contribution in [0.4, 0.5) is 4.39 Å². The Kier molecular flexibility index (Phi) is 4.48. The van der Waals surface area contributed by atoms with E-state index in [9.17, 15) is 22.4 Å². The lowest BCUT2D eigenvalue weighted by molar-refractivity contribution is -0.125. The van der Waals surface area contributed by atoms with Crippen molar-refractivity contribution in [3.63, 3.8) is 0 Å². The number of sulfone groups is 1. The highest BCUT2D eigenvalue weighted by atomic mass is 35.5. The maximum absolute atomic E-state index is 13.5. The molecule has 0 aromatic heterocycles. The normalized spacial score (nSPS) is 20.0. The number of hydrogen-bond donors (Lipinski definition) is 2.